The summed E-state index contributed by atoms with van der Waals surface area (Å²) in [5.41, 5.74) is 4.80. The van der Waals surface area contributed by atoms with Crippen molar-refractivity contribution in [3.8, 4) is 5.75 Å². The number of carbonyl (C=O) groups is 2. The number of hydrogen-bond donors (Lipinski definition) is 2. The third-order valence-corrected chi connectivity index (χ3v) is 1.96. The van der Waals surface area contributed by atoms with E-state index in [0.717, 1.165) is 0 Å². The lowest BCUT2D eigenvalue weighted by atomic mass is 10.3. The van der Waals surface area contributed by atoms with E-state index in [1.54, 1.807) is 24.3 Å². The van der Waals surface area contributed by atoms with E-state index in [2.05, 4.69) is 0 Å². The Hall–Kier alpha value is -1.75. The summed E-state index contributed by atoms with van der Waals surface area (Å²) >= 11 is 5.74. The zero-order chi connectivity index (χ0) is 12.1. The summed E-state index contributed by atoms with van der Waals surface area (Å²) in [5, 5.41) is 2.42. The van der Waals surface area contributed by atoms with Crippen LogP contribution in [0.25, 0.3) is 0 Å². The molecule has 1 atom stereocenters. The van der Waals surface area contributed by atoms with Crippen LogP contribution in [0.3, 0.4) is 0 Å². The Labute approximate surface area is 97.5 Å². The first kappa shape index (κ1) is 12.3. The molecular formula is C10H11ClN2O3. The molecule has 0 saturated carbocycles. The summed E-state index contributed by atoms with van der Waals surface area (Å²) in [6.45, 7) is 1.50. The topological polar surface area (TPSA) is 81.4 Å². The highest BCUT2D eigenvalue weighted by atomic mass is 35.5. The molecule has 3 N–H and O–H groups in total. The second kappa shape index (κ2) is 5.37. The highest BCUT2D eigenvalue weighted by Gasteiger charge is 2.15. The van der Waals surface area contributed by atoms with E-state index in [0.29, 0.717) is 10.8 Å². The molecule has 1 aromatic carbocycles. The van der Waals surface area contributed by atoms with Crippen molar-refractivity contribution in [2.24, 2.45) is 5.73 Å². The second-order valence-corrected chi connectivity index (χ2v) is 3.51. The van der Waals surface area contributed by atoms with Crippen molar-refractivity contribution < 1.29 is 14.3 Å². The Morgan fingerprint density at radius 1 is 1.50 bits per heavy atom. The van der Waals surface area contributed by atoms with E-state index in [1.807, 2.05) is 5.32 Å². The molecule has 0 fully saturated rings. The maximum absolute atomic E-state index is 11.3. The quantitative estimate of drug-likeness (QED) is 0.838. The molecule has 1 aromatic rings. The molecule has 0 aliphatic rings. The number of ether oxygens (including phenoxy) is 1. The van der Waals surface area contributed by atoms with E-state index in [9.17, 15) is 9.59 Å². The molecule has 0 spiro atoms. The number of primary amides is 1. The normalized spacial score (nSPS) is 11.6. The molecule has 0 aliphatic carbocycles. The van der Waals surface area contributed by atoms with Gasteiger partial charge in [0.2, 0.25) is 0 Å². The van der Waals surface area contributed by atoms with Crippen molar-refractivity contribution in [2.75, 3.05) is 0 Å². The largest absolute Gasteiger partial charge is 0.481 e. The fourth-order valence-electron chi connectivity index (χ4n) is 1.02. The van der Waals surface area contributed by atoms with Crippen LogP contribution in [0, 0.1) is 0 Å². The number of hydrogen-bond acceptors (Lipinski definition) is 3. The summed E-state index contributed by atoms with van der Waals surface area (Å²) in [4.78, 5) is 21.7. The number of rotatable bonds is 3. The Kier molecular flexibility index (Phi) is 4.13. The predicted octanol–water partition coefficient (Wildman–Crippen LogP) is 1.30. The monoisotopic (exact) mass is 242 g/mol. The minimum Gasteiger partial charge on any atom is -0.481 e. The second-order valence-electron chi connectivity index (χ2n) is 3.07. The van der Waals surface area contributed by atoms with Crippen molar-refractivity contribution in [2.45, 2.75) is 13.0 Å². The van der Waals surface area contributed by atoms with Gasteiger partial charge in [0.15, 0.2) is 6.10 Å². The number of benzene rings is 1. The van der Waals surface area contributed by atoms with Gasteiger partial charge in [0.25, 0.3) is 5.91 Å². The highest BCUT2D eigenvalue weighted by Crippen LogP contribution is 2.18. The van der Waals surface area contributed by atoms with Crippen LogP contribution in [-0.2, 0) is 4.79 Å². The average Bonchev–Trinajstić information content (AvgIpc) is 2.16. The third kappa shape index (κ3) is 3.78. The van der Waals surface area contributed by atoms with E-state index in [-0.39, 0.29) is 0 Å². The van der Waals surface area contributed by atoms with Gasteiger partial charge in [-0.2, -0.15) is 0 Å². The summed E-state index contributed by atoms with van der Waals surface area (Å²) in [7, 11) is 0. The van der Waals surface area contributed by atoms with Crippen molar-refractivity contribution >= 4 is 23.5 Å². The van der Waals surface area contributed by atoms with Crippen LogP contribution in [0.4, 0.5) is 4.79 Å². The summed E-state index contributed by atoms with van der Waals surface area (Å²) in [6.07, 6.45) is -0.828. The van der Waals surface area contributed by atoms with Gasteiger partial charge in [0.05, 0.1) is 0 Å². The molecular weight excluding hydrogens is 232 g/mol. The number of urea groups is 1. The third-order valence-electron chi connectivity index (χ3n) is 1.72. The number of imide groups is 1. The van der Waals surface area contributed by atoms with E-state index in [1.165, 1.54) is 6.92 Å². The Balaban J connectivity index is 2.60. The molecule has 16 heavy (non-hydrogen) atoms. The first-order valence-electron chi connectivity index (χ1n) is 4.51. The maximum Gasteiger partial charge on any atom is 0.318 e. The lowest BCUT2D eigenvalue weighted by molar-refractivity contribution is -0.126. The van der Waals surface area contributed by atoms with Gasteiger partial charge < -0.3 is 10.5 Å². The Morgan fingerprint density at radius 3 is 2.75 bits per heavy atom. The van der Waals surface area contributed by atoms with Crippen LogP contribution < -0.4 is 15.8 Å². The number of carbonyl (C=O) groups excluding carboxylic acids is 2. The summed E-state index contributed by atoms with van der Waals surface area (Å²) in [6, 6.07) is 5.68. The van der Waals surface area contributed by atoms with E-state index in [4.69, 9.17) is 22.1 Å². The average molecular weight is 243 g/mol. The molecule has 0 aliphatic heterocycles. The van der Waals surface area contributed by atoms with Crippen LogP contribution in [0.2, 0.25) is 5.02 Å². The SMILES string of the molecule is C[C@H](Oc1cccc(Cl)c1)C(=O)NC(N)=O. The lowest BCUT2D eigenvalue weighted by Gasteiger charge is -2.13. The van der Waals surface area contributed by atoms with Gasteiger partial charge in [-0.05, 0) is 25.1 Å². The molecule has 6 heteroatoms. The molecule has 1 rings (SSSR count). The van der Waals surface area contributed by atoms with Crippen molar-refractivity contribution in [1.82, 2.24) is 5.32 Å². The van der Waals surface area contributed by atoms with Gasteiger partial charge in [-0.3, -0.25) is 10.1 Å². The van der Waals surface area contributed by atoms with Crippen LogP contribution in [0.15, 0.2) is 24.3 Å². The Morgan fingerprint density at radius 2 is 2.19 bits per heavy atom. The smallest absolute Gasteiger partial charge is 0.318 e. The molecule has 0 aromatic heterocycles. The molecule has 5 nitrogen and oxygen atoms in total. The summed E-state index contributed by atoms with van der Waals surface area (Å²) < 4.78 is 5.25. The van der Waals surface area contributed by atoms with Crippen LogP contribution >= 0.6 is 11.6 Å². The van der Waals surface area contributed by atoms with Crippen molar-refractivity contribution in [3.63, 3.8) is 0 Å². The molecule has 86 valence electrons. The standard InChI is InChI=1S/C10H11ClN2O3/c1-6(9(14)13-10(12)15)16-8-4-2-3-7(11)5-8/h2-6H,1H3,(H3,12,13,14,15)/t6-/m0/s1. The number of amides is 3. The minimum atomic E-state index is -0.911. The fraction of sp³-hybridized carbons (Fsp3) is 0.200. The molecule has 0 unspecified atom stereocenters. The fourth-order valence-corrected chi connectivity index (χ4v) is 1.20. The van der Waals surface area contributed by atoms with Crippen LogP contribution in [0.1, 0.15) is 6.92 Å². The van der Waals surface area contributed by atoms with Gasteiger partial charge in [-0.1, -0.05) is 17.7 Å². The summed E-state index contributed by atoms with van der Waals surface area (Å²) in [5.74, 6) is -0.160. The van der Waals surface area contributed by atoms with Crippen molar-refractivity contribution in [3.05, 3.63) is 29.3 Å². The van der Waals surface area contributed by atoms with Gasteiger partial charge in [-0.15, -0.1) is 0 Å². The van der Waals surface area contributed by atoms with Crippen molar-refractivity contribution in [1.29, 1.82) is 0 Å². The van der Waals surface area contributed by atoms with Gasteiger partial charge >= 0.3 is 6.03 Å². The molecule has 0 bridgehead atoms. The zero-order valence-electron chi connectivity index (χ0n) is 8.57. The van der Waals surface area contributed by atoms with Gasteiger partial charge in [0, 0.05) is 5.02 Å². The van der Waals surface area contributed by atoms with Gasteiger partial charge in [-0.25, -0.2) is 4.79 Å². The molecule has 0 heterocycles. The van der Waals surface area contributed by atoms with E-state index >= 15 is 0 Å². The highest BCUT2D eigenvalue weighted by molar-refractivity contribution is 6.30. The first-order valence-corrected chi connectivity index (χ1v) is 4.89. The zero-order valence-corrected chi connectivity index (χ0v) is 9.32. The molecule has 0 saturated heterocycles. The molecule has 0 radical (unpaired) electrons. The first-order chi connectivity index (χ1) is 7.49. The predicted molar refractivity (Wildman–Crippen MR) is 59.3 cm³/mol. The van der Waals surface area contributed by atoms with E-state index < -0.39 is 18.0 Å². The lowest BCUT2D eigenvalue weighted by Crippen LogP contribution is -2.42. The van der Waals surface area contributed by atoms with Crippen LogP contribution in [-0.4, -0.2) is 18.0 Å². The number of nitrogens with one attached hydrogen (secondary N) is 1. The maximum atomic E-state index is 11.3. The Bertz CT molecular complexity index is 409. The van der Waals surface area contributed by atoms with Crippen LogP contribution in [0.5, 0.6) is 5.75 Å². The molecule has 3 amide bonds. The number of halogens is 1. The minimum absolute atomic E-state index is 0.444. The van der Waals surface area contributed by atoms with Gasteiger partial charge in [0.1, 0.15) is 5.75 Å². The number of nitrogens with two attached hydrogens (primary N) is 1.